The van der Waals surface area contributed by atoms with E-state index in [4.69, 9.17) is 9.47 Å². The number of methoxy groups -OCH3 is 1. The summed E-state index contributed by atoms with van der Waals surface area (Å²) in [6.07, 6.45) is 6.06. The highest BCUT2D eigenvalue weighted by atomic mass is 19.1. The van der Waals surface area contributed by atoms with Gasteiger partial charge in [0.1, 0.15) is 23.9 Å². The number of hydrogen-bond acceptors (Lipinski definition) is 3. The molecule has 1 fully saturated rings. The number of carboxylic acid groups (broad SMARTS) is 1. The maximum Gasteiger partial charge on any atom is 0.304 e. The van der Waals surface area contributed by atoms with Crippen LogP contribution in [0.2, 0.25) is 0 Å². The van der Waals surface area contributed by atoms with Crippen molar-refractivity contribution in [3.63, 3.8) is 0 Å². The van der Waals surface area contributed by atoms with E-state index in [0.29, 0.717) is 23.8 Å². The molecule has 0 unspecified atom stereocenters. The standard InChI is InChI=1S/C34H39FO4/c1-5-34(20-32(36)37)16-14-23-9-10-25(19-30(23)34)39-21-22-8-12-26(28-18-24(38-4)11-13-31(28)35)27(17-22)29-7-6-15-33(29,2)3/h8-13,17-19,29H,5-7,14-16,20-21H2,1-4H3,(H,36,37)/t29-,34-/m1/s1. The van der Waals surface area contributed by atoms with Crippen molar-refractivity contribution in [1.82, 2.24) is 0 Å². The molecule has 2 aliphatic carbocycles. The molecule has 0 radical (unpaired) electrons. The number of fused-ring (bicyclic) bond motifs is 1. The second kappa shape index (κ2) is 10.7. The monoisotopic (exact) mass is 530 g/mol. The SMILES string of the molecule is CC[C@]1(CC(=O)O)CCc2ccc(OCc3ccc(-c4cc(OC)ccc4F)c([C@H]4CCCC4(C)C)c3)cc21. The summed E-state index contributed by atoms with van der Waals surface area (Å²) in [5.74, 6) is 0.698. The fourth-order valence-electron chi connectivity index (χ4n) is 6.97. The molecule has 5 rings (SSSR count). The van der Waals surface area contributed by atoms with E-state index in [1.54, 1.807) is 19.2 Å². The Labute approximate surface area is 231 Å². The molecular formula is C34H39FO4. The third-order valence-electron chi connectivity index (χ3n) is 9.31. The maximum absolute atomic E-state index is 15.1. The molecule has 0 amide bonds. The van der Waals surface area contributed by atoms with Crippen molar-refractivity contribution >= 4 is 5.97 Å². The number of ether oxygens (including phenoxy) is 2. The predicted molar refractivity (Wildman–Crippen MR) is 152 cm³/mol. The largest absolute Gasteiger partial charge is 0.497 e. The van der Waals surface area contributed by atoms with Crippen LogP contribution in [0.1, 0.15) is 87.5 Å². The average molecular weight is 531 g/mol. The molecule has 1 N–H and O–H groups in total. The van der Waals surface area contributed by atoms with E-state index in [9.17, 15) is 9.90 Å². The van der Waals surface area contributed by atoms with Gasteiger partial charge in [-0.2, -0.15) is 0 Å². The number of aryl methyl sites for hydroxylation is 1. The van der Waals surface area contributed by atoms with E-state index in [1.807, 2.05) is 18.2 Å². The summed E-state index contributed by atoms with van der Waals surface area (Å²) < 4.78 is 26.8. The predicted octanol–water partition coefficient (Wildman–Crippen LogP) is 8.44. The highest BCUT2D eigenvalue weighted by molar-refractivity contribution is 5.71. The van der Waals surface area contributed by atoms with Gasteiger partial charge in [-0.3, -0.25) is 4.79 Å². The molecule has 0 saturated heterocycles. The molecular weight excluding hydrogens is 491 g/mol. The van der Waals surface area contributed by atoms with Gasteiger partial charge in [0.2, 0.25) is 0 Å². The van der Waals surface area contributed by atoms with Crippen LogP contribution in [-0.4, -0.2) is 18.2 Å². The van der Waals surface area contributed by atoms with Crippen LogP contribution in [0, 0.1) is 11.2 Å². The number of carboxylic acids is 1. The lowest BCUT2D eigenvalue weighted by molar-refractivity contribution is -0.138. The molecule has 2 atom stereocenters. The van der Waals surface area contributed by atoms with Gasteiger partial charge in [-0.15, -0.1) is 0 Å². The second-order valence-electron chi connectivity index (χ2n) is 12.0. The van der Waals surface area contributed by atoms with Crippen molar-refractivity contribution in [2.75, 3.05) is 7.11 Å². The smallest absolute Gasteiger partial charge is 0.304 e. The number of carbonyl (C=O) groups is 1. The Morgan fingerprint density at radius 3 is 2.51 bits per heavy atom. The van der Waals surface area contributed by atoms with Gasteiger partial charge in [0, 0.05) is 11.0 Å². The zero-order chi connectivity index (χ0) is 27.8. The first-order valence-electron chi connectivity index (χ1n) is 14.1. The van der Waals surface area contributed by atoms with Crippen LogP contribution in [0.3, 0.4) is 0 Å². The number of halogens is 1. The van der Waals surface area contributed by atoms with E-state index in [0.717, 1.165) is 66.5 Å². The number of rotatable bonds is 9. The molecule has 3 aromatic carbocycles. The van der Waals surface area contributed by atoms with E-state index >= 15 is 4.39 Å². The van der Waals surface area contributed by atoms with Gasteiger partial charge >= 0.3 is 5.97 Å². The third kappa shape index (κ3) is 5.28. The topological polar surface area (TPSA) is 55.8 Å². The van der Waals surface area contributed by atoms with E-state index in [1.165, 1.54) is 11.6 Å². The van der Waals surface area contributed by atoms with Crippen molar-refractivity contribution in [1.29, 1.82) is 0 Å². The molecule has 0 spiro atoms. The fraction of sp³-hybridized carbons (Fsp3) is 0.441. The van der Waals surface area contributed by atoms with E-state index < -0.39 is 5.97 Å². The molecule has 0 heterocycles. The van der Waals surface area contributed by atoms with Gasteiger partial charge in [0.15, 0.2) is 0 Å². The lowest BCUT2D eigenvalue weighted by atomic mass is 9.75. The molecule has 1 saturated carbocycles. The van der Waals surface area contributed by atoms with Crippen LogP contribution in [0.15, 0.2) is 54.6 Å². The Hall–Kier alpha value is -3.34. The van der Waals surface area contributed by atoms with Crippen LogP contribution >= 0.6 is 0 Å². The Kier molecular flexibility index (Phi) is 7.45. The van der Waals surface area contributed by atoms with E-state index in [-0.39, 0.29) is 23.1 Å². The Bertz CT molecular complexity index is 1380. The first-order chi connectivity index (χ1) is 18.7. The lowest BCUT2D eigenvalue weighted by Crippen LogP contribution is -2.25. The Morgan fingerprint density at radius 1 is 1.03 bits per heavy atom. The van der Waals surface area contributed by atoms with Crippen LogP contribution in [-0.2, 0) is 23.2 Å². The van der Waals surface area contributed by atoms with Crippen molar-refractivity contribution in [2.24, 2.45) is 5.41 Å². The van der Waals surface area contributed by atoms with Crippen LogP contribution < -0.4 is 9.47 Å². The summed E-state index contributed by atoms with van der Waals surface area (Å²) in [6, 6.07) is 17.3. The van der Waals surface area contributed by atoms with Crippen molar-refractivity contribution in [2.45, 2.75) is 83.7 Å². The quantitative estimate of drug-likeness (QED) is 0.302. The molecule has 5 heteroatoms. The molecule has 0 aromatic heterocycles. The van der Waals surface area contributed by atoms with Crippen LogP contribution in [0.25, 0.3) is 11.1 Å². The molecule has 0 aliphatic heterocycles. The molecule has 206 valence electrons. The van der Waals surface area contributed by atoms with Gasteiger partial charge in [-0.05, 0) is 102 Å². The molecule has 0 bridgehead atoms. The minimum absolute atomic E-state index is 0.122. The number of benzene rings is 3. The normalized spacial score (nSPS) is 21.5. The van der Waals surface area contributed by atoms with Crippen LogP contribution in [0.4, 0.5) is 4.39 Å². The fourth-order valence-corrected chi connectivity index (χ4v) is 6.97. The minimum Gasteiger partial charge on any atom is -0.497 e. The van der Waals surface area contributed by atoms with Gasteiger partial charge in [-0.25, -0.2) is 4.39 Å². The minimum atomic E-state index is -0.758. The zero-order valence-corrected chi connectivity index (χ0v) is 23.5. The summed E-state index contributed by atoms with van der Waals surface area (Å²) >= 11 is 0. The molecule has 39 heavy (non-hydrogen) atoms. The average Bonchev–Trinajstić information content (AvgIpc) is 3.46. The van der Waals surface area contributed by atoms with Crippen molar-refractivity contribution in [3.05, 3.63) is 82.7 Å². The summed E-state index contributed by atoms with van der Waals surface area (Å²) in [7, 11) is 1.60. The van der Waals surface area contributed by atoms with E-state index in [2.05, 4.69) is 39.0 Å². The zero-order valence-electron chi connectivity index (χ0n) is 23.5. The summed E-state index contributed by atoms with van der Waals surface area (Å²) in [5, 5.41) is 9.56. The number of aliphatic carboxylic acids is 1. The summed E-state index contributed by atoms with van der Waals surface area (Å²) in [5.41, 5.74) is 5.80. The van der Waals surface area contributed by atoms with Gasteiger partial charge in [-0.1, -0.05) is 51.5 Å². The number of hydrogen-bond donors (Lipinski definition) is 1. The molecule has 4 nitrogen and oxygen atoms in total. The third-order valence-corrected chi connectivity index (χ3v) is 9.31. The van der Waals surface area contributed by atoms with Crippen LogP contribution in [0.5, 0.6) is 11.5 Å². The van der Waals surface area contributed by atoms with Gasteiger partial charge < -0.3 is 14.6 Å². The maximum atomic E-state index is 15.1. The summed E-state index contributed by atoms with van der Waals surface area (Å²) in [6.45, 7) is 7.07. The Morgan fingerprint density at radius 2 is 1.82 bits per heavy atom. The highest BCUT2D eigenvalue weighted by Gasteiger charge is 2.39. The summed E-state index contributed by atoms with van der Waals surface area (Å²) in [4.78, 5) is 11.6. The molecule has 3 aromatic rings. The lowest BCUT2D eigenvalue weighted by Gasteiger charge is -2.30. The van der Waals surface area contributed by atoms with Gasteiger partial charge in [0.05, 0.1) is 13.5 Å². The molecule has 2 aliphatic rings. The second-order valence-corrected chi connectivity index (χ2v) is 12.0. The Balaban J connectivity index is 1.46. The van der Waals surface area contributed by atoms with Crippen molar-refractivity contribution < 1.29 is 23.8 Å². The van der Waals surface area contributed by atoms with Crippen molar-refractivity contribution in [3.8, 4) is 22.6 Å². The van der Waals surface area contributed by atoms with Gasteiger partial charge in [0.25, 0.3) is 0 Å². The first-order valence-corrected chi connectivity index (χ1v) is 14.1. The first kappa shape index (κ1) is 27.2. The highest BCUT2D eigenvalue weighted by Crippen LogP contribution is 2.51.